The van der Waals surface area contributed by atoms with Crippen molar-refractivity contribution in [1.29, 1.82) is 0 Å². The molecule has 5 aliphatic rings. The van der Waals surface area contributed by atoms with E-state index in [-0.39, 0.29) is 52.9 Å². The fourth-order valence-corrected chi connectivity index (χ4v) is 10.2. The third-order valence-electron chi connectivity index (χ3n) is 12.3. The second-order valence-electron chi connectivity index (χ2n) is 13.8. The largest absolute Gasteiger partial charge is 0.469 e. The second-order valence-corrected chi connectivity index (χ2v) is 13.8. The molecule has 0 unspecified atom stereocenters. The van der Waals surface area contributed by atoms with E-state index in [0.717, 1.165) is 70.8 Å². The molecule has 4 saturated carbocycles. The van der Waals surface area contributed by atoms with Crippen LogP contribution in [0.2, 0.25) is 0 Å². The average Bonchev–Trinajstić information content (AvgIpc) is 3.52. The van der Waals surface area contributed by atoms with Gasteiger partial charge in [0.05, 0.1) is 25.4 Å². The maximum atomic E-state index is 13.5. The quantitative estimate of drug-likeness (QED) is 0.402. The van der Waals surface area contributed by atoms with Crippen molar-refractivity contribution in [3.8, 4) is 0 Å². The molecule has 1 aliphatic heterocycles. The highest BCUT2D eigenvalue weighted by Crippen LogP contribution is 2.68. The van der Waals surface area contributed by atoms with Gasteiger partial charge in [0.1, 0.15) is 0 Å². The Labute approximate surface area is 222 Å². The minimum Gasteiger partial charge on any atom is -0.469 e. The van der Waals surface area contributed by atoms with Crippen LogP contribution in [0.3, 0.4) is 0 Å². The van der Waals surface area contributed by atoms with Crippen LogP contribution in [0, 0.1) is 46.3 Å². The van der Waals surface area contributed by atoms with E-state index in [1.165, 1.54) is 7.11 Å². The van der Waals surface area contributed by atoms with Gasteiger partial charge in [-0.25, -0.2) is 0 Å². The van der Waals surface area contributed by atoms with Crippen molar-refractivity contribution >= 4 is 11.9 Å². The summed E-state index contributed by atoms with van der Waals surface area (Å²) in [5, 5.41) is 29.1. The first-order valence-electron chi connectivity index (χ1n) is 15.1. The highest BCUT2D eigenvalue weighted by molar-refractivity contribution is 5.82. The highest BCUT2D eigenvalue weighted by atomic mass is 16.5. The number of methoxy groups -OCH3 is 1. The first-order valence-corrected chi connectivity index (χ1v) is 15.1. The van der Waals surface area contributed by atoms with Gasteiger partial charge < -0.3 is 25.6 Å². The van der Waals surface area contributed by atoms with Crippen LogP contribution < -0.4 is 10.6 Å². The Morgan fingerprint density at radius 2 is 1.86 bits per heavy atom. The number of fused-ring (bicyclic) bond motifs is 5. The predicted molar refractivity (Wildman–Crippen MR) is 141 cm³/mol. The summed E-state index contributed by atoms with van der Waals surface area (Å²) in [6.07, 6.45) is 8.98. The highest BCUT2D eigenvalue weighted by Gasteiger charge is 2.66. The molecule has 0 bridgehead atoms. The molecule has 4 N–H and O–H groups in total. The van der Waals surface area contributed by atoms with Crippen molar-refractivity contribution in [2.45, 2.75) is 116 Å². The summed E-state index contributed by atoms with van der Waals surface area (Å²) in [6, 6.07) is -0.0576. The molecule has 0 aromatic carbocycles. The van der Waals surface area contributed by atoms with Gasteiger partial charge in [0.15, 0.2) is 0 Å². The van der Waals surface area contributed by atoms with E-state index in [2.05, 4.69) is 31.4 Å². The van der Waals surface area contributed by atoms with Crippen molar-refractivity contribution in [1.82, 2.24) is 10.6 Å². The van der Waals surface area contributed by atoms with Gasteiger partial charge in [-0.3, -0.25) is 9.59 Å². The van der Waals surface area contributed by atoms with Crippen LogP contribution in [0.25, 0.3) is 0 Å². The van der Waals surface area contributed by atoms with E-state index < -0.39 is 0 Å². The van der Waals surface area contributed by atoms with E-state index in [9.17, 15) is 19.8 Å². The Bertz CT molecular complexity index is 861. The molecule has 5 fully saturated rings. The van der Waals surface area contributed by atoms with Crippen molar-refractivity contribution in [3.05, 3.63) is 0 Å². The molecule has 1 amide bonds. The summed E-state index contributed by atoms with van der Waals surface area (Å²) in [7, 11) is 1.45. The first-order chi connectivity index (χ1) is 17.6. The molecule has 1 heterocycles. The van der Waals surface area contributed by atoms with Crippen LogP contribution >= 0.6 is 0 Å². The van der Waals surface area contributed by atoms with E-state index >= 15 is 0 Å². The lowest BCUT2D eigenvalue weighted by atomic mass is 9.42. The predicted octanol–water partition coefficient (Wildman–Crippen LogP) is 3.41. The van der Waals surface area contributed by atoms with Crippen LogP contribution in [0.4, 0.5) is 0 Å². The summed E-state index contributed by atoms with van der Waals surface area (Å²) < 4.78 is 4.93. The number of hydrogen-bond acceptors (Lipinski definition) is 6. The van der Waals surface area contributed by atoms with Crippen LogP contribution in [-0.2, 0) is 14.3 Å². The van der Waals surface area contributed by atoms with Gasteiger partial charge in [0.2, 0.25) is 5.91 Å². The van der Waals surface area contributed by atoms with Crippen molar-refractivity contribution in [3.63, 3.8) is 0 Å². The lowest BCUT2D eigenvalue weighted by Gasteiger charge is -2.64. The van der Waals surface area contributed by atoms with Crippen molar-refractivity contribution in [2.75, 3.05) is 13.7 Å². The van der Waals surface area contributed by atoms with E-state index in [0.29, 0.717) is 36.0 Å². The third kappa shape index (κ3) is 4.65. The number of esters is 1. The minimum atomic E-state index is -0.352. The molecule has 0 aromatic heterocycles. The van der Waals surface area contributed by atoms with Crippen molar-refractivity contribution in [2.24, 2.45) is 46.3 Å². The minimum absolute atomic E-state index is 0.0522. The summed E-state index contributed by atoms with van der Waals surface area (Å²) in [5.74, 6) is 1.95. The number of amides is 1. The summed E-state index contributed by atoms with van der Waals surface area (Å²) in [4.78, 5) is 25.4. The molecule has 37 heavy (non-hydrogen) atoms. The molecule has 4 aliphatic carbocycles. The van der Waals surface area contributed by atoms with Crippen LogP contribution in [0.15, 0.2) is 0 Å². The maximum absolute atomic E-state index is 13.5. The summed E-state index contributed by atoms with van der Waals surface area (Å²) in [5.41, 5.74) is -0.0308. The Balaban J connectivity index is 1.46. The number of aliphatic hydroxyl groups is 2. The monoisotopic (exact) mass is 518 g/mol. The summed E-state index contributed by atoms with van der Waals surface area (Å²) >= 11 is 0. The standard InChI is InChI=1S/C30H50N2O5/c1-17(7-10-26(35)37-4)20-8-9-21-27-22(29(2)12-11-19(33)14-18(29)15-24(27)34)16-25(30(20,21)3)32-28(36)23-6-5-13-31-23/h17-25,27,31,33-34H,5-16H2,1-4H3,(H,32,36)/t17-,18+,19-,20-,21+,22+,23-,24-,25+,27+,29+,30-/m1/s1. The molecule has 5 rings (SSSR count). The van der Waals surface area contributed by atoms with Gasteiger partial charge in [-0.2, -0.15) is 0 Å². The Morgan fingerprint density at radius 1 is 1.08 bits per heavy atom. The fourth-order valence-electron chi connectivity index (χ4n) is 10.2. The maximum Gasteiger partial charge on any atom is 0.305 e. The Kier molecular flexibility index (Phi) is 7.71. The van der Waals surface area contributed by atoms with E-state index in [4.69, 9.17) is 4.74 Å². The van der Waals surface area contributed by atoms with Gasteiger partial charge in [-0.15, -0.1) is 0 Å². The van der Waals surface area contributed by atoms with Gasteiger partial charge in [0, 0.05) is 12.5 Å². The van der Waals surface area contributed by atoms with Gasteiger partial charge >= 0.3 is 5.97 Å². The van der Waals surface area contributed by atoms with E-state index in [1.807, 2.05) is 0 Å². The number of ether oxygens (including phenoxy) is 1. The van der Waals surface area contributed by atoms with Crippen LogP contribution in [0.5, 0.6) is 0 Å². The SMILES string of the molecule is COC(=O)CC[C@@H](C)[C@H]1CC[C@H]2[C@@H]3[C@H](O)C[C@@H]4C[C@H](O)CC[C@]4(C)[C@H]3C[C@H](NC(=O)[C@H]3CCCN3)[C@]12C. The topological polar surface area (TPSA) is 108 Å². The molecule has 7 nitrogen and oxygen atoms in total. The smallest absolute Gasteiger partial charge is 0.305 e. The molecular weight excluding hydrogens is 468 g/mol. The molecule has 12 atom stereocenters. The lowest BCUT2D eigenvalue weighted by Crippen LogP contribution is -2.66. The van der Waals surface area contributed by atoms with Gasteiger partial charge in [0.25, 0.3) is 0 Å². The Morgan fingerprint density at radius 3 is 2.57 bits per heavy atom. The zero-order valence-electron chi connectivity index (χ0n) is 23.4. The lowest BCUT2D eigenvalue weighted by molar-refractivity contribution is -0.184. The molecule has 0 radical (unpaired) electrons. The molecular formula is C30H50N2O5. The van der Waals surface area contributed by atoms with E-state index in [1.54, 1.807) is 0 Å². The third-order valence-corrected chi connectivity index (χ3v) is 12.3. The number of carbonyl (C=O) groups is 2. The van der Waals surface area contributed by atoms with Crippen molar-refractivity contribution < 1.29 is 24.5 Å². The Hall–Kier alpha value is -1.18. The zero-order chi connectivity index (χ0) is 26.5. The number of nitrogens with one attached hydrogen (secondary N) is 2. The summed E-state index contributed by atoms with van der Waals surface area (Å²) in [6.45, 7) is 7.97. The number of carbonyl (C=O) groups excluding carboxylic acids is 2. The molecule has 0 aromatic rings. The van der Waals surface area contributed by atoms with Gasteiger partial charge in [-0.05, 0) is 117 Å². The average molecular weight is 519 g/mol. The molecule has 7 heteroatoms. The van der Waals surface area contributed by atoms with Crippen LogP contribution in [-0.4, -0.2) is 60.0 Å². The van der Waals surface area contributed by atoms with Gasteiger partial charge in [-0.1, -0.05) is 20.8 Å². The number of aliphatic hydroxyl groups excluding tert-OH is 2. The normalized spacial score (nSPS) is 47.9. The molecule has 1 saturated heterocycles. The number of rotatable bonds is 6. The fraction of sp³-hybridized carbons (Fsp3) is 0.933. The number of hydrogen-bond donors (Lipinski definition) is 4. The first kappa shape index (κ1) is 27.4. The second kappa shape index (κ2) is 10.4. The molecule has 0 spiro atoms. The zero-order valence-corrected chi connectivity index (χ0v) is 23.4. The molecule has 210 valence electrons. The van der Waals surface area contributed by atoms with Crippen LogP contribution in [0.1, 0.15) is 91.4 Å².